The number of benzene rings is 1. The van der Waals surface area contributed by atoms with Crippen LogP contribution in [0, 0.1) is 5.82 Å². The summed E-state index contributed by atoms with van der Waals surface area (Å²) in [6.45, 7) is 1.63. The second-order valence-electron chi connectivity index (χ2n) is 3.82. The quantitative estimate of drug-likeness (QED) is 0.661. The molecule has 1 heterocycles. The Morgan fingerprint density at radius 1 is 1.47 bits per heavy atom. The number of rotatable bonds is 2. The Bertz CT molecular complexity index is 583. The monoisotopic (exact) mass is 279 g/mol. The molecule has 6 nitrogen and oxygen atoms in total. The average Bonchev–Trinajstić information content (AvgIpc) is 2.65. The van der Waals surface area contributed by atoms with E-state index in [1.165, 1.54) is 24.3 Å². The van der Waals surface area contributed by atoms with Gasteiger partial charge in [0.05, 0.1) is 11.4 Å². The summed E-state index contributed by atoms with van der Waals surface area (Å²) in [6.07, 6.45) is 0. The number of nitrogens with zero attached hydrogens (tertiary/aromatic N) is 4. The van der Waals surface area contributed by atoms with Crippen LogP contribution in [-0.4, -0.2) is 27.8 Å². The molecule has 0 aliphatic carbocycles. The second-order valence-corrected chi connectivity index (χ2v) is 4.24. The summed E-state index contributed by atoms with van der Waals surface area (Å²) < 4.78 is 12.7. The average molecular weight is 279 g/mol. The number of halogens is 1. The zero-order valence-electron chi connectivity index (χ0n) is 9.95. The molecule has 0 spiro atoms. The molecule has 0 saturated carbocycles. The molecule has 0 aromatic heterocycles. The first-order chi connectivity index (χ1) is 8.99. The van der Waals surface area contributed by atoms with Gasteiger partial charge in [-0.15, -0.1) is 0 Å². The predicted molar refractivity (Wildman–Crippen MR) is 71.4 cm³/mol. The van der Waals surface area contributed by atoms with E-state index in [0.717, 1.165) is 5.01 Å². The van der Waals surface area contributed by atoms with Crippen LogP contribution in [0.5, 0.6) is 0 Å². The van der Waals surface area contributed by atoms with E-state index < -0.39 is 11.9 Å². The molecule has 1 atom stereocenters. The zero-order valence-corrected chi connectivity index (χ0v) is 10.8. The van der Waals surface area contributed by atoms with Gasteiger partial charge < -0.3 is 5.73 Å². The summed E-state index contributed by atoms with van der Waals surface area (Å²) >= 11 is 4.69. The van der Waals surface area contributed by atoms with Crippen LogP contribution in [0.3, 0.4) is 0 Å². The molecule has 1 unspecified atom stereocenters. The number of nitrogens with two attached hydrogens (primary N) is 1. The maximum Gasteiger partial charge on any atom is 0.282 e. The van der Waals surface area contributed by atoms with Gasteiger partial charge in [0.25, 0.3) is 5.91 Å². The van der Waals surface area contributed by atoms with Crippen LogP contribution >= 0.6 is 12.2 Å². The molecule has 2 N–H and O–H groups in total. The summed E-state index contributed by atoms with van der Waals surface area (Å²) in [7, 11) is 0. The minimum atomic E-state index is -0.841. The maximum absolute atomic E-state index is 12.7. The van der Waals surface area contributed by atoms with Crippen molar-refractivity contribution in [2.75, 3.05) is 0 Å². The highest BCUT2D eigenvalue weighted by molar-refractivity contribution is 7.80. The Kier molecular flexibility index (Phi) is 3.61. The van der Waals surface area contributed by atoms with Crippen LogP contribution < -0.4 is 5.73 Å². The number of hydrogen-bond acceptors (Lipinski definition) is 5. The first-order valence-corrected chi connectivity index (χ1v) is 5.75. The third kappa shape index (κ3) is 2.79. The fourth-order valence-electron chi connectivity index (χ4n) is 1.48. The highest BCUT2D eigenvalue weighted by atomic mass is 32.1. The number of carbonyl (C=O) groups excluding carboxylic acids is 1. The van der Waals surface area contributed by atoms with Crippen LogP contribution in [0.15, 0.2) is 39.6 Å². The number of hydrogen-bond donors (Lipinski definition) is 1. The minimum Gasteiger partial charge on any atom is -0.374 e. The molecular formula is C11H10FN5OS. The van der Waals surface area contributed by atoms with Gasteiger partial charge in [-0.2, -0.15) is 20.3 Å². The van der Waals surface area contributed by atoms with Gasteiger partial charge in [-0.05, 0) is 43.4 Å². The molecule has 1 aliphatic heterocycles. The van der Waals surface area contributed by atoms with Crippen molar-refractivity contribution in [3.63, 3.8) is 0 Å². The Morgan fingerprint density at radius 3 is 2.63 bits per heavy atom. The van der Waals surface area contributed by atoms with Crippen LogP contribution in [-0.2, 0) is 4.79 Å². The SMILES string of the molecule is CC1=NN(C(N)=S)C(=O)C1N=Nc1ccc(F)cc1. The normalized spacial score (nSPS) is 19.1. The summed E-state index contributed by atoms with van der Waals surface area (Å²) in [5, 5.41) is 12.4. The van der Waals surface area contributed by atoms with Crippen molar-refractivity contribution >= 4 is 34.6 Å². The summed E-state index contributed by atoms with van der Waals surface area (Å²) in [6, 6.07) is 4.58. The van der Waals surface area contributed by atoms with Crippen molar-refractivity contribution in [1.29, 1.82) is 0 Å². The van der Waals surface area contributed by atoms with Crippen molar-refractivity contribution < 1.29 is 9.18 Å². The van der Waals surface area contributed by atoms with E-state index in [1.807, 2.05) is 0 Å². The number of hydrazone groups is 1. The lowest BCUT2D eigenvalue weighted by molar-refractivity contribution is -0.126. The van der Waals surface area contributed by atoms with Crippen molar-refractivity contribution in [2.45, 2.75) is 13.0 Å². The molecule has 19 heavy (non-hydrogen) atoms. The third-order valence-electron chi connectivity index (χ3n) is 2.42. The molecule has 0 radical (unpaired) electrons. The maximum atomic E-state index is 12.7. The second kappa shape index (κ2) is 5.19. The highest BCUT2D eigenvalue weighted by Crippen LogP contribution is 2.17. The molecule has 1 aromatic carbocycles. The summed E-state index contributed by atoms with van der Waals surface area (Å²) in [4.78, 5) is 11.9. The van der Waals surface area contributed by atoms with Crippen molar-refractivity contribution in [2.24, 2.45) is 21.1 Å². The highest BCUT2D eigenvalue weighted by Gasteiger charge is 2.35. The Balaban J connectivity index is 2.16. The topological polar surface area (TPSA) is 83.4 Å². The fourth-order valence-corrected chi connectivity index (χ4v) is 1.61. The molecule has 1 aliphatic rings. The van der Waals surface area contributed by atoms with Gasteiger partial charge in [-0.25, -0.2) is 4.39 Å². The first kappa shape index (κ1) is 13.2. The van der Waals surface area contributed by atoms with E-state index in [0.29, 0.717) is 11.4 Å². The molecule has 98 valence electrons. The van der Waals surface area contributed by atoms with Crippen LogP contribution in [0.4, 0.5) is 10.1 Å². The van der Waals surface area contributed by atoms with Gasteiger partial charge in [0.15, 0.2) is 11.2 Å². The van der Waals surface area contributed by atoms with E-state index in [-0.39, 0.29) is 10.9 Å². The van der Waals surface area contributed by atoms with Crippen molar-refractivity contribution in [3.8, 4) is 0 Å². The van der Waals surface area contributed by atoms with E-state index in [2.05, 4.69) is 15.3 Å². The summed E-state index contributed by atoms with van der Waals surface area (Å²) in [5.74, 6) is -0.816. The smallest absolute Gasteiger partial charge is 0.282 e. The lowest BCUT2D eigenvalue weighted by atomic mass is 10.2. The van der Waals surface area contributed by atoms with Gasteiger partial charge >= 0.3 is 0 Å². The third-order valence-corrected chi connectivity index (χ3v) is 2.59. The van der Waals surface area contributed by atoms with Gasteiger partial charge in [-0.1, -0.05) is 0 Å². The Labute approximate surface area is 113 Å². The molecule has 0 fully saturated rings. The van der Waals surface area contributed by atoms with Crippen LogP contribution in [0.25, 0.3) is 0 Å². The first-order valence-electron chi connectivity index (χ1n) is 5.34. The van der Waals surface area contributed by atoms with Crippen LogP contribution in [0.2, 0.25) is 0 Å². The van der Waals surface area contributed by atoms with E-state index in [1.54, 1.807) is 6.92 Å². The lowest BCUT2D eigenvalue weighted by Gasteiger charge is -2.08. The van der Waals surface area contributed by atoms with Gasteiger partial charge in [0, 0.05) is 0 Å². The van der Waals surface area contributed by atoms with E-state index in [4.69, 9.17) is 18.0 Å². The number of thiocarbonyl (C=S) groups is 1. The molecule has 1 aromatic rings. The van der Waals surface area contributed by atoms with E-state index in [9.17, 15) is 9.18 Å². The van der Waals surface area contributed by atoms with E-state index >= 15 is 0 Å². The molecule has 2 rings (SSSR count). The fraction of sp³-hybridized carbons (Fsp3) is 0.182. The molecule has 0 saturated heterocycles. The Morgan fingerprint density at radius 2 is 2.11 bits per heavy atom. The minimum absolute atomic E-state index is 0.135. The molecule has 0 bridgehead atoms. The van der Waals surface area contributed by atoms with Gasteiger partial charge in [0.1, 0.15) is 5.82 Å². The van der Waals surface area contributed by atoms with Crippen molar-refractivity contribution in [3.05, 3.63) is 30.1 Å². The van der Waals surface area contributed by atoms with Gasteiger partial charge in [0.2, 0.25) is 0 Å². The molecule has 8 heteroatoms. The molecular weight excluding hydrogens is 269 g/mol. The molecule has 1 amide bonds. The largest absolute Gasteiger partial charge is 0.374 e. The number of azo groups is 1. The lowest BCUT2D eigenvalue weighted by Crippen LogP contribution is -2.37. The predicted octanol–water partition coefficient (Wildman–Crippen LogP) is 1.74. The summed E-state index contributed by atoms with van der Waals surface area (Å²) in [5.41, 5.74) is 6.24. The van der Waals surface area contributed by atoms with Crippen molar-refractivity contribution in [1.82, 2.24) is 5.01 Å². The zero-order chi connectivity index (χ0) is 14.0. The number of carbonyl (C=O) groups is 1. The number of amides is 1. The Hall–Kier alpha value is -2.22. The van der Waals surface area contributed by atoms with Gasteiger partial charge in [-0.3, -0.25) is 4.79 Å². The standard InChI is InChI=1S/C11H10FN5OS/c1-6-9(10(18)17(16-6)11(13)19)15-14-8-4-2-7(12)3-5-8/h2-5,9H,1H3,(H2,13,19). The van der Waals surface area contributed by atoms with Crippen LogP contribution in [0.1, 0.15) is 6.92 Å².